The van der Waals surface area contributed by atoms with Crippen molar-refractivity contribution in [2.75, 3.05) is 20.3 Å². The van der Waals surface area contributed by atoms with Crippen LogP contribution in [0.25, 0.3) is 22.4 Å². The molecule has 50 heavy (non-hydrogen) atoms. The van der Waals surface area contributed by atoms with Crippen molar-refractivity contribution in [1.82, 2.24) is 15.3 Å². The lowest BCUT2D eigenvalue weighted by Gasteiger charge is -2.30. The Labute approximate surface area is 283 Å². The number of fused-ring (bicyclic) bond motifs is 1. The Balaban J connectivity index is 1.47. The van der Waals surface area contributed by atoms with Crippen LogP contribution in [0.1, 0.15) is 70.7 Å². The molecule has 2 amide bonds. The lowest BCUT2D eigenvalue weighted by Crippen LogP contribution is -2.42. The molecule has 1 saturated carbocycles. The Kier molecular flexibility index (Phi) is 9.47. The van der Waals surface area contributed by atoms with Crippen LogP contribution in [-0.2, 0) is 16.8 Å². The summed E-state index contributed by atoms with van der Waals surface area (Å²) < 4.78 is 74.4. The number of primary amides is 1. The van der Waals surface area contributed by atoms with Gasteiger partial charge in [0, 0.05) is 28.7 Å². The summed E-state index contributed by atoms with van der Waals surface area (Å²) in [5.74, 6) is -3.31. The first-order valence-electron chi connectivity index (χ1n) is 15.7. The smallest absolute Gasteiger partial charge is 0.266 e. The van der Waals surface area contributed by atoms with Crippen LogP contribution in [0.3, 0.4) is 0 Å². The predicted molar refractivity (Wildman–Crippen MR) is 173 cm³/mol. The lowest BCUT2D eigenvalue weighted by atomic mass is 9.87. The topological polar surface area (TPSA) is 150 Å². The van der Waals surface area contributed by atoms with E-state index >= 15 is 4.39 Å². The van der Waals surface area contributed by atoms with Crippen molar-refractivity contribution in [2.24, 2.45) is 5.73 Å². The van der Waals surface area contributed by atoms with E-state index in [0.29, 0.717) is 34.9 Å². The van der Waals surface area contributed by atoms with E-state index in [0.717, 1.165) is 12.8 Å². The van der Waals surface area contributed by atoms with E-state index < -0.39 is 65.3 Å². The van der Waals surface area contributed by atoms with Crippen LogP contribution in [0.15, 0.2) is 65.1 Å². The van der Waals surface area contributed by atoms with Crippen molar-refractivity contribution in [1.29, 1.82) is 0 Å². The van der Waals surface area contributed by atoms with E-state index in [2.05, 4.69) is 15.3 Å². The summed E-state index contributed by atoms with van der Waals surface area (Å²) in [4.78, 5) is 34.8. The Bertz CT molecular complexity index is 2090. The highest BCUT2D eigenvalue weighted by Gasteiger charge is 2.37. The number of nitrogens with one attached hydrogen (secondary N) is 1. The zero-order valence-corrected chi connectivity index (χ0v) is 26.9. The third-order valence-electron chi connectivity index (χ3n) is 8.34. The van der Waals surface area contributed by atoms with E-state index in [9.17, 15) is 27.9 Å². The number of carbonyl (C=O) groups is 2. The number of nitrogens with two attached hydrogens (primary N) is 1. The summed E-state index contributed by atoms with van der Waals surface area (Å²) >= 11 is 0. The molecule has 14 heteroatoms. The van der Waals surface area contributed by atoms with Gasteiger partial charge in [0.1, 0.15) is 34.4 Å². The number of ether oxygens (including phenoxy) is 2. The number of nitrogens with zero attached hydrogens (tertiary/aromatic N) is 2. The highest BCUT2D eigenvalue weighted by Crippen LogP contribution is 2.43. The molecule has 0 saturated heterocycles. The summed E-state index contributed by atoms with van der Waals surface area (Å²) in [6, 6.07) is 13.2. The van der Waals surface area contributed by atoms with Crippen LogP contribution in [0.5, 0.6) is 11.5 Å². The fourth-order valence-corrected chi connectivity index (χ4v) is 5.69. The standard InChI is InChI=1S/C36H32F4N4O6/c1-3-49-32-19(14-29(41)45)13-28(43-30(32)22-15-23(33(39)40)25(38)16-24(22)37)36(47,21-7-5-4-6-8-21)17-42-34(46)20-11-26(48-2)31-27(12-20)50-35(44-31)18-9-10-18/h4-8,11-13,15-16,18,33,47H,3,9-10,14,17H2,1-2H3,(H2,41,45)(H,42,46)/t36-/m1/s1. The van der Waals surface area contributed by atoms with E-state index in [-0.39, 0.29) is 40.7 Å². The van der Waals surface area contributed by atoms with Gasteiger partial charge in [0.25, 0.3) is 12.3 Å². The SMILES string of the molecule is CCOc1c(CC(N)=O)cc([C@@](O)(CNC(=O)c2cc(OC)c3nc(C4CC4)oc3c2)c2ccccc2)nc1-c1cc(C(F)F)c(F)cc1F. The normalized spacial score (nSPS) is 14.1. The van der Waals surface area contributed by atoms with Gasteiger partial charge in [0.15, 0.2) is 17.0 Å². The van der Waals surface area contributed by atoms with Gasteiger partial charge in [0.05, 0.1) is 37.9 Å². The molecule has 1 aliphatic rings. The number of aromatic nitrogens is 2. The molecular weight excluding hydrogens is 660 g/mol. The summed E-state index contributed by atoms with van der Waals surface area (Å²) in [5.41, 5.74) is 2.25. The number of pyridine rings is 1. The van der Waals surface area contributed by atoms with Gasteiger partial charge in [0.2, 0.25) is 5.91 Å². The highest BCUT2D eigenvalue weighted by molar-refractivity contribution is 5.98. The van der Waals surface area contributed by atoms with Crippen molar-refractivity contribution < 1.29 is 46.1 Å². The Morgan fingerprint density at radius 2 is 1.82 bits per heavy atom. The zero-order valence-electron chi connectivity index (χ0n) is 26.9. The number of rotatable bonds is 13. The Morgan fingerprint density at radius 1 is 1.08 bits per heavy atom. The second-order valence-electron chi connectivity index (χ2n) is 11.8. The molecule has 260 valence electrons. The molecule has 1 atom stereocenters. The first-order chi connectivity index (χ1) is 23.9. The minimum Gasteiger partial charge on any atom is -0.494 e. The van der Waals surface area contributed by atoms with Gasteiger partial charge in [-0.2, -0.15) is 0 Å². The molecule has 10 nitrogen and oxygen atoms in total. The number of halogens is 4. The summed E-state index contributed by atoms with van der Waals surface area (Å²) in [6.07, 6.45) is -1.89. The van der Waals surface area contributed by atoms with Gasteiger partial charge < -0.3 is 30.0 Å². The van der Waals surface area contributed by atoms with Gasteiger partial charge in [-0.25, -0.2) is 27.5 Å². The molecule has 0 spiro atoms. The van der Waals surface area contributed by atoms with E-state index in [1.807, 2.05) is 0 Å². The van der Waals surface area contributed by atoms with Crippen LogP contribution >= 0.6 is 0 Å². The van der Waals surface area contributed by atoms with Gasteiger partial charge in [-0.1, -0.05) is 30.3 Å². The molecular formula is C36H32F4N4O6. The minimum absolute atomic E-state index is 0.0234. The number of methoxy groups -OCH3 is 1. The van der Waals surface area contributed by atoms with E-state index in [1.165, 1.54) is 25.3 Å². The molecule has 2 heterocycles. The fraction of sp³-hybridized carbons (Fsp3) is 0.278. The molecule has 6 rings (SSSR count). The summed E-state index contributed by atoms with van der Waals surface area (Å²) in [7, 11) is 1.43. The third-order valence-corrected chi connectivity index (χ3v) is 8.34. The number of hydrogen-bond donors (Lipinski definition) is 3. The van der Waals surface area contributed by atoms with Crippen molar-refractivity contribution in [2.45, 2.75) is 44.1 Å². The maximum atomic E-state index is 15.4. The molecule has 4 N–H and O–H groups in total. The molecule has 0 aliphatic heterocycles. The number of alkyl halides is 2. The molecule has 1 aliphatic carbocycles. The highest BCUT2D eigenvalue weighted by atomic mass is 19.3. The number of carbonyl (C=O) groups excluding carboxylic acids is 2. The average Bonchev–Trinajstić information content (AvgIpc) is 3.85. The number of oxazole rings is 1. The number of aliphatic hydroxyl groups is 1. The van der Waals surface area contributed by atoms with E-state index in [4.69, 9.17) is 19.6 Å². The molecule has 0 radical (unpaired) electrons. The van der Waals surface area contributed by atoms with E-state index in [1.54, 1.807) is 37.3 Å². The molecule has 2 aromatic heterocycles. The Hall–Kier alpha value is -5.50. The maximum absolute atomic E-state index is 15.4. The van der Waals surface area contributed by atoms with Crippen LogP contribution in [-0.4, -0.2) is 47.2 Å². The zero-order chi connectivity index (χ0) is 35.7. The van der Waals surface area contributed by atoms with Gasteiger partial charge in [-0.05, 0) is 49.6 Å². The molecule has 0 unspecified atom stereocenters. The number of benzene rings is 3. The molecule has 1 fully saturated rings. The first kappa shape index (κ1) is 34.4. The quantitative estimate of drug-likeness (QED) is 0.126. The summed E-state index contributed by atoms with van der Waals surface area (Å²) in [5, 5.41) is 15.1. The van der Waals surface area contributed by atoms with Crippen LogP contribution in [0.4, 0.5) is 17.6 Å². The number of amides is 2. The molecule has 0 bridgehead atoms. The van der Waals surface area contributed by atoms with Gasteiger partial charge >= 0.3 is 0 Å². The van der Waals surface area contributed by atoms with Crippen molar-refractivity contribution in [3.8, 4) is 22.8 Å². The third kappa shape index (κ3) is 6.70. The lowest BCUT2D eigenvalue weighted by molar-refractivity contribution is -0.117. The predicted octanol–water partition coefficient (Wildman–Crippen LogP) is 6.08. The summed E-state index contributed by atoms with van der Waals surface area (Å²) in [6.45, 7) is 1.04. The van der Waals surface area contributed by atoms with Crippen molar-refractivity contribution >= 4 is 22.9 Å². The second kappa shape index (κ2) is 13.8. The largest absolute Gasteiger partial charge is 0.494 e. The Morgan fingerprint density at radius 3 is 2.46 bits per heavy atom. The van der Waals surface area contributed by atoms with Gasteiger partial charge in [-0.15, -0.1) is 0 Å². The maximum Gasteiger partial charge on any atom is 0.266 e. The minimum atomic E-state index is -3.30. The number of hydrogen-bond acceptors (Lipinski definition) is 8. The van der Waals surface area contributed by atoms with Gasteiger partial charge in [-0.3, -0.25) is 9.59 Å². The average molecular weight is 693 g/mol. The second-order valence-corrected chi connectivity index (χ2v) is 11.8. The van der Waals surface area contributed by atoms with Crippen molar-refractivity contribution in [3.63, 3.8) is 0 Å². The fourth-order valence-electron chi connectivity index (χ4n) is 5.69. The van der Waals surface area contributed by atoms with Crippen molar-refractivity contribution in [3.05, 3.63) is 106 Å². The molecule has 5 aromatic rings. The van der Waals surface area contributed by atoms with Crippen LogP contribution < -0.4 is 20.5 Å². The monoisotopic (exact) mass is 692 g/mol. The van der Waals surface area contributed by atoms with Crippen LogP contribution in [0.2, 0.25) is 0 Å². The molecule has 3 aromatic carbocycles. The van der Waals surface area contributed by atoms with Crippen LogP contribution in [0, 0.1) is 11.6 Å². The first-order valence-corrected chi connectivity index (χ1v) is 15.7.